The highest BCUT2D eigenvalue weighted by Gasteiger charge is 2.13. The molecular formula is C20H18N4O3. The van der Waals surface area contributed by atoms with Gasteiger partial charge in [0.15, 0.2) is 0 Å². The van der Waals surface area contributed by atoms with Crippen LogP contribution in [0.3, 0.4) is 0 Å². The molecule has 2 N–H and O–H groups in total. The lowest BCUT2D eigenvalue weighted by atomic mass is 10.2. The molecule has 136 valence electrons. The van der Waals surface area contributed by atoms with E-state index >= 15 is 0 Å². The van der Waals surface area contributed by atoms with E-state index < -0.39 is 5.97 Å². The van der Waals surface area contributed by atoms with Gasteiger partial charge in [-0.2, -0.15) is 0 Å². The van der Waals surface area contributed by atoms with Gasteiger partial charge < -0.3 is 15.4 Å². The fourth-order valence-corrected chi connectivity index (χ4v) is 2.41. The summed E-state index contributed by atoms with van der Waals surface area (Å²) < 4.78 is 4.77. The van der Waals surface area contributed by atoms with Crippen molar-refractivity contribution in [3.8, 4) is 0 Å². The molecule has 1 amide bonds. The van der Waals surface area contributed by atoms with Crippen LogP contribution < -0.4 is 10.6 Å². The van der Waals surface area contributed by atoms with Crippen LogP contribution in [-0.4, -0.2) is 29.0 Å². The zero-order valence-electron chi connectivity index (χ0n) is 14.7. The lowest BCUT2D eigenvalue weighted by Crippen LogP contribution is -2.24. The van der Waals surface area contributed by atoms with E-state index in [4.69, 9.17) is 4.74 Å². The maximum Gasteiger partial charge on any atom is 0.339 e. The topological polar surface area (TPSA) is 93.2 Å². The summed E-state index contributed by atoms with van der Waals surface area (Å²) in [4.78, 5) is 32.5. The molecule has 0 aliphatic heterocycles. The zero-order valence-corrected chi connectivity index (χ0v) is 14.7. The molecule has 0 unspecified atom stereocenters. The molecule has 0 radical (unpaired) electrons. The first-order chi connectivity index (χ1) is 13.2. The van der Waals surface area contributed by atoms with Crippen LogP contribution in [0.5, 0.6) is 0 Å². The molecule has 0 aliphatic rings. The van der Waals surface area contributed by atoms with Crippen molar-refractivity contribution in [3.05, 3.63) is 83.7 Å². The zero-order chi connectivity index (χ0) is 19.1. The van der Waals surface area contributed by atoms with E-state index in [0.29, 0.717) is 17.8 Å². The summed E-state index contributed by atoms with van der Waals surface area (Å²) in [6.07, 6.45) is 1.48. The molecule has 2 aromatic carbocycles. The number of carbonyl (C=O) groups is 2. The van der Waals surface area contributed by atoms with Crippen molar-refractivity contribution >= 4 is 23.5 Å². The summed E-state index contributed by atoms with van der Waals surface area (Å²) in [5.41, 5.74) is 2.05. The van der Waals surface area contributed by atoms with Gasteiger partial charge in [0.05, 0.1) is 18.4 Å². The van der Waals surface area contributed by atoms with Crippen LogP contribution in [0.4, 0.5) is 11.6 Å². The van der Waals surface area contributed by atoms with Gasteiger partial charge in [-0.25, -0.2) is 14.8 Å². The normalized spacial score (nSPS) is 10.1. The van der Waals surface area contributed by atoms with Crippen molar-refractivity contribution in [2.24, 2.45) is 0 Å². The van der Waals surface area contributed by atoms with Gasteiger partial charge in [0.1, 0.15) is 5.69 Å². The van der Waals surface area contributed by atoms with Crippen LogP contribution in [0.2, 0.25) is 0 Å². The van der Waals surface area contributed by atoms with Gasteiger partial charge >= 0.3 is 5.97 Å². The number of methoxy groups -OCH3 is 1. The molecule has 0 saturated carbocycles. The van der Waals surface area contributed by atoms with Crippen molar-refractivity contribution in [2.75, 3.05) is 12.4 Å². The van der Waals surface area contributed by atoms with E-state index in [1.807, 2.05) is 30.3 Å². The molecule has 0 spiro atoms. The second kappa shape index (κ2) is 8.57. The number of hydrogen-bond donors (Lipinski definition) is 2. The average Bonchev–Trinajstić information content (AvgIpc) is 2.73. The third kappa shape index (κ3) is 4.66. The maximum absolute atomic E-state index is 12.3. The van der Waals surface area contributed by atoms with Crippen molar-refractivity contribution < 1.29 is 14.3 Å². The fourth-order valence-electron chi connectivity index (χ4n) is 2.41. The van der Waals surface area contributed by atoms with Crippen molar-refractivity contribution in [1.82, 2.24) is 15.3 Å². The van der Waals surface area contributed by atoms with Crippen LogP contribution in [0.25, 0.3) is 0 Å². The summed E-state index contributed by atoms with van der Waals surface area (Å²) in [5.74, 6) is -0.584. The number of nitrogens with one attached hydrogen (secondary N) is 2. The van der Waals surface area contributed by atoms with Gasteiger partial charge in [0.2, 0.25) is 5.95 Å². The van der Waals surface area contributed by atoms with Gasteiger partial charge in [-0.15, -0.1) is 0 Å². The van der Waals surface area contributed by atoms with E-state index in [2.05, 4.69) is 20.6 Å². The molecule has 3 aromatic rings. The Labute approximate surface area is 156 Å². The second-order valence-corrected chi connectivity index (χ2v) is 5.60. The molecule has 1 heterocycles. The standard InChI is InChI=1S/C20H18N4O3/c1-27-19(26)15-9-5-6-10-16(15)23-20-21-12-11-17(24-20)18(25)22-13-14-7-3-2-4-8-14/h2-12H,13H2,1H3,(H,22,25)(H,21,23,24). The number of hydrogen-bond acceptors (Lipinski definition) is 6. The van der Waals surface area contributed by atoms with Crippen molar-refractivity contribution in [2.45, 2.75) is 6.54 Å². The molecule has 0 bridgehead atoms. The summed E-state index contributed by atoms with van der Waals surface area (Å²) in [6.45, 7) is 0.400. The van der Waals surface area contributed by atoms with Crippen LogP contribution in [0.1, 0.15) is 26.4 Å². The van der Waals surface area contributed by atoms with Gasteiger partial charge in [0, 0.05) is 12.7 Å². The first kappa shape index (κ1) is 18.1. The Morgan fingerprint density at radius 2 is 1.74 bits per heavy atom. The molecule has 0 fully saturated rings. The van der Waals surface area contributed by atoms with E-state index in [1.165, 1.54) is 19.4 Å². The minimum Gasteiger partial charge on any atom is -0.465 e. The highest BCUT2D eigenvalue weighted by atomic mass is 16.5. The highest BCUT2D eigenvalue weighted by molar-refractivity contribution is 5.96. The SMILES string of the molecule is COC(=O)c1ccccc1Nc1nccc(C(=O)NCc2ccccc2)n1. The molecule has 0 aliphatic carbocycles. The number of carbonyl (C=O) groups excluding carboxylic acids is 2. The molecule has 3 rings (SSSR count). The lowest BCUT2D eigenvalue weighted by molar-refractivity contribution is 0.0601. The van der Waals surface area contributed by atoms with Crippen LogP contribution >= 0.6 is 0 Å². The number of esters is 1. The fraction of sp³-hybridized carbons (Fsp3) is 0.100. The molecule has 7 heteroatoms. The third-order valence-corrected chi connectivity index (χ3v) is 3.76. The monoisotopic (exact) mass is 362 g/mol. The Bertz CT molecular complexity index is 945. The molecule has 7 nitrogen and oxygen atoms in total. The summed E-state index contributed by atoms with van der Waals surface area (Å²) in [7, 11) is 1.31. The van der Waals surface area contributed by atoms with Crippen LogP contribution in [0.15, 0.2) is 66.9 Å². The summed E-state index contributed by atoms with van der Waals surface area (Å²) >= 11 is 0. The Morgan fingerprint density at radius 1 is 1.00 bits per heavy atom. The minimum atomic E-state index is -0.477. The quantitative estimate of drug-likeness (QED) is 0.655. The average molecular weight is 362 g/mol. The number of amides is 1. The molecule has 0 saturated heterocycles. The number of aromatic nitrogens is 2. The van der Waals surface area contributed by atoms with Crippen molar-refractivity contribution in [1.29, 1.82) is 0 Å². The lowest BCUT2D eigenvalue weighted by Gasteiger charge is -2.10. The van der Waals surface area contributed by atoms with Crippen molar-refractivity contribution in [3.63, 3.8) is 0 Å². The Morgan fingerprint density at radius 3 is 2.52 bits per heavy atom. The number of nitrogens with zero attached hydrogens (tertiary/aromatic N) is 2. The largest absolute Gasteiger partial charge is 0.465 e. The molecular weight excluding hydrogens is 344 g/mol. The molecule has 1 aromatic heterocycles. The number of benzene rings is 2. The maximum atomic E-state index is 12.3. The first-order valence-electron chi connectivity index (χ1n) is 8.27. The van der Waals surface area contributed by atoms with Crippen LogP contribution in [0, 0.1) is 0 Å². The van der Waals surface area contributed by atoms with Gasteiger partial charge in [0.25, 0.3) is 5.91 Å². The third-order valence-electron chi connectivity index (χ3n) is 3.76. The smallest absolute Gasteiger partial charge is 0.339 e. The van der Waals surface area contributed by atoms with Gasteiger partial charge in [-0.1, -0.05) is 42.5 Å². The van der Waals surface area contributed by atoms with E-state index in [0.717, 1.165) is 5.56 Å². The van der Waals surface area contributed by atoms with Gasteiger partial charge in [-0.05, 0) is 23.8 Å². The predicted octanol–water partition coefficient (Wildman–Crippen LogP) is 2.94. The van der Waals surface area contributed by atoms with Gasteiger partial charge in [-0.3, -0.25) is 4.79 Å². The number of para-hydroxylation sites is 1. The van der Waals surface area contributed by atoms with E-state index in [1.54, 1.807) is 24.3 Å². The van der Waals surface area contributed by atoms with E-state index in [9.17, 15) is 9.59 Å². The number of anilines is 2. The number of rotatable bonds is 6. The Balaban J connectivity index is 1.72. The Hall–Kier alpha value is -3.74. The molecule has 27 heavy (non-hydrogen) atoms. The second-order valence-electron chi connectivity index (χ2n) is 5.60. The van der Waals surface area contributed by atoms with Crippen LogP contribution in [-0.2, 0) is 11.3 Å². The Kier molecular flexibility index (Phi) is 5.73. The summed E-state index contributed by atoms with van der Waals surface area (Å²) in [6, 6.07) is 17.9. The van der Waals surface area contributed by atoms with E-state index in [-0.39, 0.29) is 17.5 Å². The highest BCUT2D eigenvalue weighted by Crippen LogP contribution is 2.19. The predicted molar refractivity (Wildman–Crippen MR) is 101 cm³/mol. The minimum absolute atomic E-state index is 0.207. The summed E-state index contributed by atoms with van der Waals surface area (Å²) in [5, 5.41) is 5.77. The molecule has 0 atom stereocenters. The number of ether oxygens (including phenoxy) is 1. The first-order valence-corrected chi connectivity index (χ1v) is 8.27.